The molecule has 0 spiro atoms. The molecule has 2 saturated heterocycles. The van der Waals surface area contributed by atoms with E-state index in [4.69, 9.17) is 97.1 Å². The smallest absolute Gasteiger partial charge is 2.00 e. The molecule has 0 aromatic heterocycles. The number of aldehydes is 2. The topological polar surface area (TPSA) is 491 Å². The molecule has 3 aliphatic carbocycles. The molecule has 829 valence electrons. The zero-order valence-electron chi connectivity index (χ0n) is 84.4. The average molecular weight is 2530 g/mol. The Morgan fingerprint density at radius 3 is 1.14 bits per heavy atom. The summed E-state index contributed by atoms with van der Waals surface area (Å²) in [5.41, 5.74) is 1.26. The van der Waals surface area contributed by atoms with Crippen LogP contribution in [0.1, 0.15) is 249 Å². The molecule has 143 heavy (non-hydrogen) atoms. The number of terminal acetylenes is 1. The van der Waals surface area contributed by atoms with E-state index in [-0.39, 0.29) is 245 Å². The zero-order valence-corrected chi connectivity index (χ0v) is 96.8. The van der Waals surface area contributed by atoms with Gasteiger partial charge in [0, 0.05) is 92.3 Å². The molecule has 5 aliphatic rings. The molecule has 0 radical (unpaired) electrons. The van der Waals surface area contributed by atoms with Crippen molar-refractivity contribution in [1.82, 2.24) is 0 Å². The Morgan fingerprint density at radius 1 is 0.545 bits per heavy atom. The predicted molar refractivity (Wildman–Crippen MR) is 567 cm³/mol. The van der Waals surface area contributed by atoms with Gasteiger partial charge in [0.15, 0.2) is 43.3 Å². The van der Waals surface area contributed by atoms with Gasteiger partial charge in [0.05, 0.1) is 75.9 Å². The van der Waals surface area contributed by atoms with Crippen LogP contribution in [0.15, 0.2) is 94.5 Å². The predicted octanol–water partition coefficient (Wildman–Crippen LogP) is 15.9. The second-order valence-corrected chi connectivity index (χ2v) is 34.7. The van der Waals surface area contributed by atoms with Crippen molar-refractivity contribution in [3.63, 3.8) is 0 Å². The van der Waals surface area contributed by atoms with Crippen molar-refractivity contribution in [3.05, 3.63) is 119 Å². The van der Waals surface area contributed by atoms with Gasteiger partial charge in [0.1, 0.15) is 39.0 Å². The molecule has 3 saturated carbocycles. The first kappa shape index (κ1) is 176. The van der Waals surface area contributed by atoms with Crippen molar-refractivity contribution < 1.29 is 237 Å². The Labute approximate surface area is 948 Å². The van der Waals surface area contributed by atoms with Crippen LogP contribution >= 0.6 is 88.6 Å². The van der Waals surface area contributed by atoms with Gasteiger partial charge in [-0.3, -0.25) is 38.4 Å². The summed E-state index contributed by atoms with van der Waals surface area (Å²) in [5.74, 6) is -0.252. The maximum Gasteiger partial charge on any atom is 2.00 e. The van der Waals surface area contributed by atoms with Crippen LogP contribution in [-0.4, -0.2) is 249 Å². The van der Waals surface area contributed by atoms with Crippen LogP contribution in [-0.2, 0) is 185 Å². The molecule has 3 N–H and O–H groups in total. The first-order valence-corrected chi connectivity index (χ1v) is 47.8. The molecule has 0 amide bonds. The minimum absolute atomic E-state index is 0. The van der Waals surface area contributed by atoms with E-state index in [1.54, 1.807) is 119 Å². The third-order valence-electron chi connectivity index (χ3n) is 14.4. The summed E-state index contributed by atoms with van der Waals surface area (Å²) in [6, 6.07) is 6.68. The summed E-state index contributed by atoms with van der Waals surface area (Å²) in [6.07, 6.45) is 20.3. The molecule has 36 nitrogen and oxygen atoms in total. The zero-order chi connectivity index (χ0) is 106. The van der Waals surface area contributed by atoms with Gasteiger partial charge in [-0.2, -0.15) is 13.8 Å². The van der Waals surface area contributed by atoms with Crippen molar-refractivity contribution in [2.75, 3.05) is 82.2 Å². The molecule has 2 aliphatic heterocycles. The Morgan fingerprint density at radius 2 is 0.860 bits per heavy atom. The fourth-order valence-electron chi connectivity index (χ4n) is 8.82. The summed E-state index contributed by atoms with van der Waals surface area (Å²) in [4.78, 5) is 151. The number of methoxy groups -OCH3 is 1. The first-order valence-electron chi connectivity index (χ1n) is 42.5. The van der Waals surface area contributed by atoms with E-state index >= 15 is 0 Å². The minimum Gasteiger partial charge on any atom is 2.00 e. The third kappa shape index (κ3) is 120. The van der Waals surface area contributed by atoms with Crippen molar-refractivity contribution in [1.29, 1.82) is 0 Å². The van der Waals surface area contributed by atoms with Crippen molar-refractivity contribution in [2.24, 2.45) is 35.5 Å². The summed E-state index contributed by atoms with van der Waals surface area (Å²) in [7, 11) is 1.34. The number of hydrogen-bond donors (Lipinski definition) is 3. The molecule has 1 unspecified atom stereocenters. The van der Waals surface area contributed by atoms with Gasteiger partial charge < -0.3 is 116 Å². The fraction of sp³-hybridized carbons (Fsp3) is 0.636. The number of benzene rings is 1. The Kier molecular flexibility index (Phi) is 152. The van der Waals surface area contributed by atoms with E-state index in [0.29, 0.717) is 44.5 Å². The van der Waals surface area contributed by atoms with E-state index < -0.39 is 81.7 Å². The normalized spacial score (nSPS) is 16.8. The fourth-order valence-corrected chi connectivity index (χ4v) is 9.50. The van der Waals surface area contributed by atoms with Crippen LogP contribution in [0.25, 0.3) is 0 Å². The summed E-state index contributed by atoms with van der Waals surface area (Å²) in [5, 5.41) is 23.8. The number of rotatable bonds is 35. The Balaban J connectivity index is -0.0000000723. The Bertz CT molecular complexity index is 3580. The van der Waals surface area contributed by atoms with Crippen LogP contribution in [0.2, 0.25) is 0 Å². The maximum atomic E-state index is 12.2. The van der Waals surface area contributed by atoms with E-state index in [1.165, 1.54) is 113 Å². The molecule has 0 bridgehead atoms. The van der Waals surface area contributed by atoms with Gasteiger partial charge in [0.25, 0.3) is 0 Å². The SMILES string of the molecule is C.C.C.C.C.C.C.C#Cc1ccc(C(=O)OC)cc1.CC(=O)Cl.CC(=O)OC/C=C/C1O[C@@H](C(=O)OC(C)C)[C@H](C(=O)OC(C)C)O1.CC(=O)OC/C=C/C=O.CC(=O)OC/C=C/CO.CC(=O)OC[C@@H]1CC1C1O[C@@H](C(=O)OC(C)C)[C@H](C(=O)OC(C)C)O1.CC(=O)OC[C@@H]1C[C@H]1C=O.CCOC(/C=C/COC(C)=O)OCC.CC[C@@H]1C[C@H]1C=C(Br)Br.ICI.OC/C=C/CO.[2H]CC.[CH2-]C.[CH2-]C.[H-].[Na+].[O]=[Mn]=[O].[Zn+2]. The number of aliphatic hydroxyl groups is 3. The maximum absolute atomic E-state index is 12.2. The summed E-state index contributed by atoms with van der Waals surface area (Å²) >= 11 is 14.4. The molecule has 10 atom stereocenters. The number of allylic oxidation sites excluding steroid dienone is 2. The standard InChI is InChI=1S/C17H26O8.C16H24O8.C10H18O4.C10H8O2.C7H10Br2.C7H10O3.C6H10O3.C6H8O3.C4H8O2.C2H3ClO.C2H6.2C2H5.CH2I2.7CH4.Mn.Na.2O.Zn.H/c1-8(2)22-15(19)13-14(16(20)23-9(3)4)25-17(24-13)12-6-11(12)7-21-10(5)18;1-9(2)21-15(18)13-14(16(19)22-10(3)4)24-12(23-13)7-6-8-20-11(5)17;1-4-12-10(13-5-2)7-6-8-14-9(3)11;1-3-8-4-6-9(7-5-8)10(11)12-2;1-2-5-3-6(5)4-7(8)9;1-5(9)10-4-7-2-6(7)3-8;2*1-6(8)9-5-3-2-4-7;5-3-1-2-4-6;1-2(3)4;3*1-2;2-1-3;;;;;;;;;;;;;/h8-9,11-14,17H,6-7H2,1-5H3;6-7,9-10,12-14H,8H2,1-5H3;6-7,10H,4-5,8H2,1-3H3;1,4-7H,2H3;4-6H,2-3H2,1H3;3,6-7H,2,4H2,1H3;2-3,7H,4-5H2,1H3;2-4H,5H2,1H3;1-2,5-6H,3-4H2;1H3;1-2H3;2*1H2,2H3;1H2;7*1H4;;;;;;/q;;;;;;;;;;;2*-1;;;;;;;;;;+1;;;+2;-1/b;2*7-6+;;;;2*3-2+;2-1+;;;;;;;;;;;;;;;;;;/t11-,12?,13+,14+;13-,14-;;;5-,6+;6-,7-;;;;;;;;;;;;;;;;;;;;;/m01..10...................../s1/i;;;;;;;;;;1D;;;;;;;;;;;;;;;;. The van der Waals surface area contributed by atoms with Crippen molar-refractivity contribution in [3.8, 4) is 12.3 Å². The van der Waals surface area contributed by atoms with E-state index in [1.807, 2.05) is 13.8 Å². The molecule has 5 fully saturated rings. The molecule has 1 aromatic rings. The molecule has 2 heterocycles. The van der Waals surface area contributed by atoms with Gasteiger partial charge >= 0.3 is 137 Å². The van der Waals surface area contributed by atoms with Crippen molar-refractivity contribution in [2.45, 2.75) is 298 Å². The molecule has 44 heteroatoms. The van der Waals surface area contributed by atoms with Gasteiger partial charge in [0.2, 0.25) is 5.24 Å². The second-order valence-electron chi connectivity index (χ2n) is 26.7. The molecule has 6 rings (SSSR count). The number of esters is 11. The van der Waals surface area contributed by atoms with Crippen LogP contribution in [0.5, 0.6) is 0 Å². The monoisotopic (exact) mass is 2530 g/mol. The van der Waals surface area contributed by atoms with Gasteiger partial charge in [-0.25, -0.2) is 24.0 Å². The molecular weight excluding hydrogens is 2360 g/mol. The van der Waals surface area contributed by atoms with Gasteiger partial charge in [-0.15, -0.1) is 6.42 Å². The van der Waals surface area contributed by atoms with E-state index in [2.05, 4.69) is 136 Å². The summed E-state index contributed by atoms with van der Waals surface area (Å²) in [6.45, 7) is 43.8. The number of alkyl halides is 2. The van der Waals surface area contributed by atoms with Gasteiger partial charge in [-0.05, 0) is 211 Å². The van der Waals surface area contributed by atoms with Crippen LogP contribution < -0.4 is 29.6 Å². The number of aliphatic hydroxyl groups excluding tert-OH is 3. The molecule has 1 aromatic carbocycles. The number of carbonyl (C=O) groups excluding carboxylic acids is 14. The summed E-state index contributed by atoms with van der Waals surface area (Å²) < 4.78 is 111. The minimum atomic E-state index is -1.44. The largest absolute Gasteiger partial charge is 2.00 e. The van der Waals surface area contributed by atoms with Crippen LogP contribution in [0.3, 0.4) is 0 Å². The van der Waals surface area contributed by atoms with Crippen molar-refractivity contribution >= 4 is 172 Å². The quantitative estimate of drug-likeness (QED) is 0.00462. The van der Waals surface area contributed by atoms with Crippen LogP contribution in [0.4, 0.5) is 0 Å². The second kappa shape index (κ2) is 123. The van der Waals surface area contributed by atoms with E-state index in [0.717, 1.165) is 39.9 Å². The first-order chi connectivity index (χ1) is 63.8. The number of carbonyl (C=O) groups is 14. The third-order valence-corrected chi connectivity index (χ3v) is 15.0. The Hall–Kier alpha value is -5.51. The molecular formula is C99H172Br2ClI2MnNaO36Zn. The van der Waals surface area contributed by atoms with E-state index in [9.17, 15) is 67.1 Å². The number of hydrogen-bond acceptors (Lipinski definition) is 36. The number of ether oxygens (including phenoxy) is 17. The van der Waals surface area contributed by atoms with Crippen LogP contribution in [0, 0.1) is 61.7 Å². The van der Waals surface area contributed by atoms with Gasteiger partial charge in [-0.1, -0.05) is 155 Å². The average Bonchev–Trinajstić information content (AvgIpc) is 1.62. The number of halogens is 5.